The lowest BCUT2D eigenvalue weighted by Crippen LogP contribution is -2.20. The molecule has 0 atom stereocenters. The Kier molecular flexibility index (Phi) is 3.83. The van der Waals surface area contributed by atoms with Gasteiger partial charge in [0.05, 0.1) is 4.92 Å². The van der Waals surface area contributed by atoms with Gasteiger partial charge in [0, 0.05) is 36.3 Å². The van der Waals surface area contributed by atoms with Crippen molar-refractivity contribution in [3.05, 3.63) is 52.1 Å². The van der Waals surface area contributed by atoms with Crippen LogP contribution in [0.5, 0.6) is 0 Å². The summed E-state index contributed by atoms with van der Waals surface area (Å²) >= 11 is 1.43. The number of nitro groups is 1. The Labute approximate surface area is 135 Å². The summed E-state index contributed by atoms with van der Waals surface area (Å²) in [7, 11) is 1.75. The second-order valence-corrected chi connectivity index (χ2v) is 5.68. The lowest BCUT2D eigenvalue weighted by atomic mass is 10.1. The van der Waals surface area contributed by atoms with Crippen molar-refractivity contribution in [3.8, 4) is 11.1 Å². The number of pyridine rings is 1. The van der Waals surface area contributed by atoms with Crippen LogP contribution in [0.15, 0.2) is 41.7 Å². The number of nitrogens with one attached hydrogen (secondary N) is 1. The van der Waals surface area contributed by atoms with Crippen molar-refractivity contribution in [3.63, 3.8) is 0 Å². The highest BCUT2D eigenvalue weighted by Gasteiger charge is 2.12. The summed E-state index contributed by atoms with van der Waals surface area (Å²) < 4.78 is 1.66. The number of nitro benzene ring substituents is 1. The Hall–Kier alpha value is -2.74. The van der Waals surface area contributed by atoms with Crippen LogP contribution >= 0.6 is 11.8 Å². The lowest BCUT2D eigenvalue weighted by molar-refractivity contribution is -0.384. The number of non-ortho nitro benzene ring substituents is 1. The molecule has 7 nitrogen and oxygen atoms in total. The van der Waals surface area contributed by atoms with E-state index < -0.39 is 4.92 Å². The predicted octanol–water partition coefficient (Wildman–Crippen LogP) is 2.74. The van der Waals surface area contributed by atoms with Gasteiger partial charge in [-0.05, 0) is 17.9 Å². The summed E-state index contributed by atoms with van der Waals surface area (Å²) in [6, 6.07) is 8.06. The van der Waals surface area contributed by atoms with Crippen LogP contribution in [0.2, 0.25) is 0 Å². The quantitative estimate of drug-likeness (QED) is 0.345. The van der Waals surface area contributed by atoms with E-state index in [0.717, 1.165) is 5.39 Å². The number of aryl methyl sites for hydroxylation is 1. The van der Waals surface area contributed by atoms with E-state index in [9.17, 15) is 10.1 Å². The van der Waals surface area contributed by atoms with Gasteiger partial charge in [-0.3, -0.25) is 15.5 Å². The van der Waals surface area contributed by atoms with Gasteiger partial charge in [0.25, 0.3) is 5.69 Å². The fourth-order valence-corrected chi connectivity index (χ4v) is 2.69. The monoisotopic (exact) mass is 327 g/mol. The van der Waals surface area contributed by atoms with Crippen molar-refractivity contribution in [1.29, 1.82) is 5.41 Å². The zero-order valence-corrected chi connectivity index (χ0v) is 13.3. The fourth-order valence-electron chi connectivity index (χ4n) is 2.35. The van der Waals surface area contributed by atoms with Gasteiger partial charge in [-0.1, -0.05) is 23.9 Å². The van der Waals surface area contributed by atoms with Crippen molar-refractivity contribution in [2.24, 2.45) is 7.05 Å². The molecule has 0 amide bonds. The summed E-state index contributed by atoms with van der Waals surface area (Å²) in [5.41, 5.74) is 2.12. The number of aromatic nitrogens is 3. The smallest absolute Gasteiger partial charge is 0.270 e. The SMILES string of the molecule is CSc1ncc2cc(-c3cccc([N+](=O)[O-])c3)c(=N)n(C)c2n1. The minimum atomic E-state index is -0.442. The maximum Gasteiger partial charge on any atom is 0.270 e. The summed E-state index contributed by atoms with van der Waals surface area (Å²) in [6.07, 6.45) is 3.59. The van der Waals surface area contributed by atoms with Crippen LogP contribution in [0, 0.1) is 15.5 Å². The molecule has 0 spiro atoms. The summed E-state index contributed by atoms with van der Waals surface area (Å²) in [5.74, 6) is 0. The van der Waals surface area contributed by atoms with E-state index in [4.69, 9.17) is 5.41 Å². The molecule has 3 rings (SSSR count). The van der Waals surface area contributed by atoms with E-state index in [-0.39, 0.29) is 11.2 Å². The molecular formula is C15H13N5O2S. The van der Waals surface area contributed by atoms with Crippen LogP contribution in [0.1, 0.15) is 0 Å². The molecule has 3 aromatic rings. The minimum absolute atomic E-state index is 0.00127. The molecule has 0 saturated carbocycles. The number of thioether (sulfide) groups is 1. The highest BCUT2D eigenvalue weighted by molar-refractivity contribution is 7.98. The Bertz CT molecular complexity index is 983. The summed E-state index contributed by atoms with van der Waals surface area (Å²) in [4.78, 5) is 19.2. The molecule has 0 bridgehead atoms. The predicted molar refractivity (Wildman–Crippen MR) is 88.2 cm³/mol. The molecule has 0 aliphatic carbocycles. The maximum atomic E-state index is 11.0. The van der Waals surface area contributed by atoms with E-state index >= 15 is 0 Å². The highest BCUT2D eigenvalue weighted by atomic mass is 32.2. The van der Waals surface area contributed by atoms with Gasteiger partial charge in [-0.25, -0.2) is 9.97 Å². The highest BCUT2D eigenvalue weighted by Crippen LogP contribution is 2.24. The molecule has 0 fully saturated rings. The number of rotatable bonds is 3. The molecule has 0 saturated heterocycles. The van der Waals surface area contributed by atoms with Gasteiger partial charge in [-0.2, -0.15) is 0 Å². The molecule has 0 aliphatic rings. The third-order valence-corrected chi connectivity index (χ3v) is 4.09. The average molecular weight is 327 g/mol. The van der Waals surface area contributed by atoms with Gasteiger partial charge in [-0.15, -0.1) is 0 Å². The molecule has 23 heavy (non-hydrogen) atoms. The fraction of sp³-hybridized carbons (Fsp3) is 0.133. The zero-order chi connectivity index (χ0) is 16.6. The second-order valence-electron chi connectivity index (χ2n) is 4.91. The van der Waals surface area contributed by atoms with Crippen molar-refractivity contribution in [2.75, 3.05) is 6.26 Å². The third kappa shape index (κ3) is 2.68. The second kappa shape index (κ2) is 5.81. The largest absolute Gasteiger partial charge is 0.313 e. The Morgan fingerprint density at radius 1 is 1.35 bits per heavy atom. The topological polar surface area (TPSA) is 97.7 Å². The first-order chi connectivity index (χ1) is 11.0. The van der Waals surface area contributed by atoms with Crippen LogP contribution in [0.3, 0.4) is 0 Å². The maximum absolute atomic E-state index is 11.0. The lowest BCUT2D eigenvalue weighted by Gasteiger charge is -2.10. The molecule has 0 aliphatic heterocycles. The molecule has 1 N–H and O–H groups in total. The van der Waals surface area contributed by atoms with Crippen LogP contribution in [0.4, 0.5) is 5.69 Å². The average Bonchev–Trinajstić information content (AvgIpc) is 2.57. The van der Waals surface area contributed by atoms with Crippen LogP contribution < -0.4 is 5.49 Å². The first-order valence-corrected chi connectivity index (χ1v) is 7.94. The van der Waals surface area contributed by atoms with Gasteiger partial charge in [0.15, 0.2) is 5.16 Å². The Balaban J connectivity index is 2.27. The number of fused-ring (bicyclic) bond motifs is 1. The Morgan fingerprint density at radius 3 is 2.83 bits per heavy atom. The van der Waals surface area contributed by atoms with E-state index in [1.165, 1.54) is 23.9 Å². The van der Waals surface area contributed by atoms with Gasteiger partial charge < -0.3 is 4.57 Å². The molecule has 0 radical (unpaired) electrons. The van der Waals surface area contributed by atoms with Crippen LogP contribution in [-0.4, -0.2) is 25.7 Å². The van der Waals surface area contributed by atoms with Crippen LogP contribution in [0.25, 0.3) is 22.2 Å². The molecule has 8 heteroatoms. The van der Waals surface area contributed by atoms with Crippen molar-refractivity contribution >= 4 is 28.5 Å². The molecule has 2 aromatic heterocycles. The molecular weight excluding hydrogens is 314 g/mol. The van der Waals surface area contributed by atoms with Crippen molar-refractivity contribution in [2.45, 2.75) is 5.16 Å². The third-order valence-electron chi connectivity index (χ3n) is 3.53. The number of hydrogen-bond donors (Lipinski definition) is 1. The van der Waals surface area contributed by atoms with Crippen molar-refractivity contribution < 1.29 is 4.92 Å². The first kappa shape index (κ1) is 15.2. The summed E-state index contributed by atoms with van der Waals surface area (Å²) in [5, 5.41) is 20.7. The van der Waals surface area contributed by atoms with E-state index in [1.54, 1.807) is 36.0 Å². The van der Waals surface area contributed by atoms with Gasteiger partial charge >= 0.3 is 0 Å². The normalized spacial score (nSPS) is 10.9. The molecule has 2 heterocycles. The van der Waals surface area contributed by atoms with E-state index in [0.29, 0.717) is 21.9 Å². The van der Waals surface area contributed by atoms with E-state index in [1.807, 2.05) is 6.26 Å². The molecule has 0 unspecified atom stereocenters. The summed E-state index contributed by atoms with van der Waals surface area (Å²) in [6.45, 7) is 0. The van der Waals surface area contributed by atoms with Gasteiger partial charge in [0.1, 0.15) is 11.1 Å². The number of benzene rings is 1. The van der Waals surface area contributed by atoms with Crippen molar-refractivity contribution in [1.82, 2.24) is 14.5 Å². The minimum Gasteiger partial charge on any atom is -0.313 e. The van der Waals surface area contributed by atoms with Crippen LogP contribution in [-0.2, 0) is 7.05 Å². The Morgan fingerprint density at radius 2 is 2.13 bits per heavy atom. The van der Waals surface area contributed by atoms with Gasteiger partial charge in [0.2, 0.25) is 0 Å². The number of hydrogen-bond acceptors (Lipinski definition) is 6. The van der Waals surface area contributed by atoms with E-state index in [2.05, 4.69) is 9.97 Å². The molecule has 116 valence electrons. The zero-order valence-electron chi connectivity index (χ0n) is 12.5. The standard InChI is InChI=1S/C15H13N5O2S/c1-19-13(16)12(9-4-3-5-11(6-9)20(21)22)7-10-8-17-15(23-2)18-14(10)19/h3-8,16H,1-2H3. The molecule has 1 aromatic carbocycles. The first-order valence-electron chi connectivity index (χ1n) is 6.71. The number of nitrogens with zero attached hydrogens (tertiary/aromatic N) is 4.